The van der Waals surface area contributed by atoms with Crippen LogP contribution in [0, 0.1) is 0 Å². The van der Waals surface area contributed by atoms with Crippen molar-refractivity contribution in [3.05, 3.63) is 42.5 Å². The highest BCUT2D eigenvalue weighted by atomic mass is 16.5. The van der Waals surface area contributed by atoms with E-state index in [9.17, 15) is 4.79 Å². The first-order chi connectivity index (χ1) is 8.33. The number of H-pyrrole nitrogens is 1. The predicted molar refractivity (Wildman–Crippen MR) is 60.5 cm³/mol. The lowest BCUT2D eigenvalue weighted by molar-refractivity contribution is 0.0988. The van der Waals surface area contributed by atoms with E-state index in [2.05, 4.69) is 20.4 Å². The van der Waals surface area contributed by atoms with Crippen LogP contribution in [0.1, 0.15) is 10.6 Å². The molecule has 0 aliphatic rings. The van der Waals surface area contributed by atoms with Gasteiger partial charge in [0.1, 0.15) is 0 Å². The molecule has 0 unspecified atom stereocenters. The Hall–Kier alpha value is -2.63. The molecule has 0 radical (unpaired) electrons. The summed E-state index contributed by atoms with van der Waals surface area (Å²) < 4.78 is 4.76. The topological polar surface area (TPSA) is 83.8 Å². The predicted octanol–water partition coefficient (Wildman–Crippen LogP) is 1.80. The minimum atomic E-state index is -0.332. The minimum absolute atomic E-state index is 0.176. The van der Waals surface area contributed by atoms with Gasteiger partial charge in [-0.3, -0.25) is 4.79 Å². The Kier molecular flexibility index (Phi) is 2.11. The van der Waals surface area contributed by atoms with Crippen molar-refractivity contribution in [3.8, 4) is 0 Å². The number of aromatic amines is 1. The molecule has 2 N–H and O–H groups in total. The van der Waals surface area contributed by atoms with E-state index in [4.69, 9.17) is 4.52 Å². The van der Waals surface area contributed by atoms with E-state index in [0.717, 1.165) is 11.0 Å². The van der Waals surface area contributed by atoms with Gasteiger partial charge in [-0.2, -0.15) is 0 Å². The van der Waals surface area contributed by atoms with Gasteiger partial charge in [-0.1, -0.05) is 5.16 Å². The molecule has 3 rings (SSSR count). The Morgan fingerprint density at radius 3 is 3.12 bits per heavy atom. The van der Waals surface area contributed by atoms with Gasteiger partial charge in [-0.15, -0.1) is 0 Å². The summed E-state index contributed by atoms with van der Waals surface area (Å²) in [5.74, 6) is -0.156. The van der Waals surface area contributed by atoms with E-state index in [-0.39, 0.29) is 11.7 Å². The van der Waals surface area contributed by atoms with Gasteiger partial charge in [0.2, 0.25) is 5.76 Å². The molecule has 0 saturated carbocycles. The van der Waals surface area contributed by atoms with Crippen LogP contribution in [-0.2, 0) is 0 Å². The number of carbonyl (C=O) groups excluding carboxylic acids is 1. The average molecular weight is 228 g/mol. The molecule has 0 saturated heterocycles. The summed E-state index contributed by atoms with van der Waals surface area (Å²) >= 11 is 0. The fourth-order valence-electron chi connectivity index (χ4n) is 1.54. The smallest absolute Gasteiger partial charge is 0.294 e. The molecule has 3 aromatic rings. The van der Waals surface area contributed by atoms with Crippen molar-refractivity contribution in [2.45, 2.75) is 0 Å². The summed E-state index contributed by atoms with van der Waals surface area (Å²) in [6, 6.07) is 6.90. The summed E-state index contributed by atoms with van der Waals surface area (Å²) in [4.78, 5) is 18.7. The van der Waals surface area contributed by atoms with E-state index in [1.165, 1.54) is 12.3 Å². The molecule has 1 amide bonds. The Balaban J connectivity index is 1.87. The molecule has 0 fully saturated rings. The monoisotopic (exact) mass is 228 g/mol. The van der Waals surface area contributed by atoms with Gasteiger partial charge < -0.3 is 14.8 Å². The third-order valence-corrected chi connectivity index (χ3v) is 2.34. The summed E-state index contributed by atoms with van der Waals surface area (Å²) in [5, 5.41) is 6.18. The first kappa shape index (κ1) is 9.59. The van der Waals surface area contributed by atoms with E-state index < -0.39 is 0 Å². The number of carbonyl (C=O) groups is 1. The van der Waals surface area contributed by atoms with Crippen molar-refractivity contribution in [1.29, 1.82) is 0 Å². The number of benzene rings is 1. The Labute approximate surface area is 95.6 Å². The van der Waals surface area contributed by atoms with Crippen molar-refractivity contribution in [2.24, 2.45) is 0 Å². The van der Waals surface area contributed by atoms with Crippen LogP contribution in [0.15, 0.2) is 41.3 Å². The maximum Gasteiger partial charge on any atom is 0.294 e. The molecule has 0 bridgehead atoms. The Morgan fingerprint density at radius 2 is 2.29 bits per heavy atom. The van der Waals surface area contributed by atoms with Crippen LogP contribution in [0.4, 0.5) is 5.69 Å². The van der Waals surface area contributed by atoms with E-state index in [1.807, 2.05) is 6.07 Å². The van der Waals surface area contributed by atoms with Gasteiger partial charge in [0.05, 0.1) is 23.6 Å². The summed E-state index contributed by atoms with van der Waals surface area (Å²) in [7, 11) is 0. The molecular formula is C11H8N4O2. The number of nitrogens with zero attached hydrogens (tertiary/aromatic N) is 2. The van der Waals surface area contributed by atoms with Crippen LogP contribution in [0.25, 0.3) is 11.0 Å². The second kappa shape index (κ2) is 3.75. The lowest BCUT2D eigenvalue weighted by Gasteiger charge is -2.01. The zero-order chi connectivity index (χ0) is 11.7. The number of rotatable bonds is 2. The number of anilines is 1. The number of aromatic nitrogens is 3. The molecule has 0 atom stereocenters. The average Bonchev–Trinajstić information content (AvgIpc) is 2.99. The molecule has 0 aliphatic heterocycles. The number of fused-ring (bicyclic) bond motifs is 1. The molecule has 0 aliphatic carbocycles. The third-order valence-electron chi connectivity index (χ3n) is 2.34. The Bertz CT molecular complexity index is 657. The second-order valence-corrected chi connectivity index (χ2v) is 3.47. The molecule has 6 heteroatoms. The van der Waals surface area contributed by atoms with E-state index in [1.54, 1.807) is 18.5 Å². The minimum Gasteiger partial charge on any atom is -0.351 e. The fraction of sp³-hybridized carbons (Fsp3) is 0. The molecule has 2 aromatic heterocycles. The standard InChI is InChI=1S/C11H8N4O2/c16-11(10-3-4-14-17-10)15-7-1-2-8-9(5-7)13-6-12-8/h1-6H,(H,12,13)(H,15,16). The number of hydrogen-bond donors (Lipinski definition) is 2. The van der Waals surface area contributed by atoms with Crippen molar-refractivity contribution >= 4 is 22.6 Å². The van der Waals surface area contributed by atoms with Crippen molar-refractivity contribution in [2.75, 3.05) is 5.32 Å². The number of hydrogen-bond acceptors (Lipinski definition) is 4. The van der Waals surface area contributed by atoms with Crippen LogP contribution in [0.3, 0.4) is 0 Å². The lowest BCUT2D eigenvalue weighted by Crippen LogP contribution is -2.10. The van der Waals surface area contributed by atoms with Gasteiger partial charge in [0.25, 0.3) is 5.91 Å². The normalized spacial score (nSPS) is 10.6. The van der Waals surface area contributed by atoms with Crippen LogP contribution in [0.2, 0.25) is 0 Å². The summed E-state index contributed by atoms with van der Waals surface area (Å²) in [6.45, 7) is 0. The molecule has 17 heavy (non-hydrogen) atoms. The van der Waals surface area contributed by atoms with Gasteiger partial charge in [-0.25, -0.2) is 4.98 Å². The molecule has 6 nitrogen and oxygen atoms in total. The number of imidazole rings is 1. The highest BCUT2D eigenvalue weighted by molar-refractivity contribution is 6.02. The zero-order valence-corrected chi connectivity index (χ0v) is 8.68. The van der Waals surface area contributed by atoms with Crippen LogP contribution in [0.5, 0.6) is 0 Å². The maximum atomic E-state index is 11.7. The molecule has 84 valence electrons. The maximum absolute atomic E-state index is 11.7. The van der Waals surface area contributed by atoms with Gasteiger partial charge in [-0.05, 0) is 18.2 Å². The largest absolute Gasteiger partial charge is 0.351 e. The van der Waals surface area contributed by atoms with Crippen LogP contribution in [-0.4, -0.2) is 21.0 Å². The number of amides is 1. The van der Waals surface area contributed by atoms with Crippen molar-refractivity contribution in [1.82, 2.24) is 15.1 Å². The molecule has 0 spiro atoms. The van der Waals surface area contributed by atoms with Crippen molar-refractivity contribution < 1.29 is 9.32 Å². The lowest BCUT2D eigenvalue weighted by atomic mass is 10.2. The third kappa shape index (κ3) is 1.76. The second-order valence-electron chi connectivity index (χ2n) is 3.47. The quantitative estimate of drug-likeness (QED) is 0.700. The van der Waals surface area contributed by atoms with Gasteiger partial charge >= 0.3 is 0 Å². The Morgan fingerprint density at radius 1 is 1.35 bits per heavy atom. The zero-order valence-electron chi connectivity index (χ0n) is 8.68. The van der Waals surface area contributed by atoms with Crippen LogP contribution >= 0.6 is 0 Å². The first-order valence-electron chi connectivity index (χ1n) is 4.98. The summed E-state index contributed by atoms with van der Waals surface area (Å²) in [6.07, 6.45) is 3.03. The summed E-state index contributed by atoms with van der Waals surface area (Å²) in [5.41, 5.74) is 2.38. The van der Waals surface area contributed by atoms with E-state index >= 15 is 0 Å². The van der Waals surface area contributed by atoms with Gasteiger partial charge in [0, 0.05) is 11.8 Å². The number of nitrogens with one attached hydrogen (secondary N) is 2. The highest BCUT2D eigenvalue weighted by Gasteiger charge is 2.10. The van der Waals surface area contributed by atoms with E-state index in [0.29, 0.717) is 5.69 Å². The molecular weight excluding hydrogens is 220 g/mol. The fourth-order valence-corrected chi connectivity index (χ4v) is 1.54. The van der Waals surface area contributed by atoms with Crippen LogP contribution < -0.4 is 5.32 Å². The SMILES string of the molecule is O=C(Nc1ccc2nc[nH]c2c1)c1ccno1. The molecule has 1 aromatic carbocycles. The van der Waals surface area contributed by atoms with Gasteiger partial charge in [0.15, 0.2) is 0 Å². The first-order valence-corrected chi connectivity index (χ1v) is 4.98. The molecule has 2 heterocycles. The highest BCUT2D eigenvalue weighted by Crippen LogP contribution is 2.16. The van der Waals surface area contributed by atoms with Crippen molar-refractivity contribution in [3.63, 3.8) is 0 Å².